The lowest BCUT2D eigenvalue weighted by Gasteiger charge is -2.40. The van der Waals surface area contributed by atoms with Crippen molar-refractivity contribution in [3.8, 4) is 0 Å². The van der Waals surface area contributed by atoms with Crippen molar-refractivity contribution < 1.29 is 23.9 Å². The molecule has 1 aliphatic carbocycles. The zero-order valence-corrected chi connectivity index (χ0v) is 27.0. The van der Waals surface area contributed by atoms with Gasteiger partial charge in [0.1, 0.15) is 5.60 Å². The molecule has 0 unspecified atom stereocenters. The normalized spacial score (nSPS) is 18.7. The van der Waals surface area contributed by atoms with E-state index in [1.807, 2.05) is 37.8 Å². The molecular formula is C32H41Cl2N3O6. The Morgan fingerprint density at radius 1 is 1.09 bits per heavy atom. The summed E-state index contributed by atoms with van der Waals surface area (Å²) in [5.41, 5.74) is 1.62. The van der Waals surface area contributed by atoms with Crippen LogP contribution in [0.25, 0.3) is 0 Å². The van der Waals surface area contributed by atoms with E-state index in [1.165, 1.54) is 11.7 Å². The number of benzene rings is 1. The van der Waals surface area contributed by atoms with Gasteiger partial charge in [-0.3, -0.25) is 14.4 Å². The molecule has 11 heteroatoms. The highest BCUT2D eigenvalue weighted by Gasteiger charge is 2.43. The summed E-state index contributed by atoms with van der Waals surface area (Å²) in [6, 6.07) is 7.25. The lowest BCUT2D eigenvalue weighted by atomic mass is 9.79. The van der Waals surface area contributed by atoms with Crippen LogP contribution in [-0.2, 0) is 39.1 Å². The average molecular weight is 635 g/mol. The highest BCUT2D eigenvalue weighted by molar-refractivity contribution is 6.42. The Balaban J connectivity index is 1.62. The van der Waals surface area contributed by atoms with Crippen LogP contribution >= 0.6 is 23.2 Å². The van der Waals surface area contributed by atoms with Crippen LogP contribution < -0.4 is 5.56 Å². The van der Waals surface area contributed by atoms with Gasteiger partial charge in [0.2, 0.25) is 5.91 Å². The molecule has 4 rings (SSSR count). The van der Waals surface area contributed by atoms with E-state index in [2.05, 4.69) is 0 Å². The number of esters is 1. The molecule has 2 heterocycles. The Kier molecular flexibility index (Phi) is 10.5. The maximum Gasteiger partial charge on any atom is 0.410 e. The molecule has 2 aliphatic rings. The number of hydrogen-bond acceptors (Lipinski definition) is 6. The first kappa shape index (κ1) is 32.9. The Morgan fingerprint density at radius 3 is 2.44 bits per heavy atom. The lowest BCUT2D eigenvalue weighted by molar-refractivity contribution is -0.141. The summed E-state index contributed by atoms with van der Waals surface area (Å²) in [5, 5.41) is 0.779. The number of carbonyl (C=O) groups excluding carboxylic acids is 3. The zero-order valence-electron chi connectivity index (χ0n) is 25.5. The monoisotopic (exact) mass is 633 g/mol. The fourth-order valence-electron chi connectivity index (χ4n) is 5.56. The Bertz CT molecular complexity index is 1410. The predicted octanol–water partition coefficient (Wildman–Crippen LogP) is 5.72. The van der Waals surface area contributed by atoms with E-state index in [0.717, 1.165) is 29.5 Å². The fraction of sp³-hybridized carbons (Fsp3) is 0.562. The minimum atomic E-state index is -0.670. The van der Waals surface area contributed by atoms with Gasteiger partial charge in [0.25, 0.3) is 5.56 Å². The van der Waals surface area contributed by atoms with Crippen LogP contribution in [0.15, 0.2) is 35.3 Å². The second kappa shape index (κ2) is 13.7. The average Bonchev–Trinajstić information content (AvgIpc) is 3.79. The van der Waals surface area contributed by atoms with Crippen molar-refractivity contribution in [2.45, 2.75) is 83.4 Å². The molecule has 2 atom stereocenters. The Labute approximate surface area is 263 Å². The number of piperidine rings is 1. The van der Waals surface area contributed by atoms with Gasteiger partial charge in [0.15, 0.2) is 0 Å². The molecule has 2 fully saturated rings. The van der Waals surface area contributed by atoms with E-state index in [4.69, 9.17) is 32.7 Å². The number of nitrogens with zero attached hydrogens (tertiary/aromatic N) is 3. The van der Waals surface area contributed by atoms with Crippen LogP contribution in [-0.4, -0.2) is 64.2 Å². The number of pyridine rings is 1. The van der Waals surface area contributed by atoms with Crippen molar-refractivity contribution in [1.29, 1.82) is 0 Å². The molecule has 1 aromatic heterocycles. The third-order valence-electron chi connectivity index (χ3n) is 7.99. The second-order valence-electron chi connectivity index (χ2n) is 12.5. The second-order valence-corrected chi connectivity index (χ2v) is 13.3. The highest BCUT2D eigenvalue weighted by Crippen LogP contribution is 2.39. The number of aryl methyl sites for hydroxylation is 2. The summed E-state index contributed by atoms with van der Waals surface area (Å²) in [6.07, 6.45) is 5.00. The molecule has 1 aromatic carbocycles. The molecule has 0 bridgehead atoms. The summed E-state index contributed by atoms with van der Waals surface area (Å²) < 4.78 is 11.9. The minimum absolute atomic E-state index is 0.0477. The van der Waals surface area contributed by atoms with E-state index in [-0.39, 0.29) is 42.5 Å². The first-order valence-corrected chi connectivity index (χ1v) is 15.5. The third kappa shape index (κ3) is 8.54. The molecule has 1 saturated carbocycles. The van der Waals surface area contributed by atoms with Gasteiger partial charge >= 0.3 is 12.1 Å². The van der Waals surface area contributed by atoms with Crippen molar-refractivity contribution in [2.75, 3.05) is 20.2 Å². The molecule has 0 N–H and O–H groups in total. The number of methoxy groups -OCH3 is 1. The molecule has 1 aliphatic heterocycles. The maximum absolute atomic E-state index is 14.5. The SMILES string of the molecule is COC(=O)CCCc1cc(Cl)c(Cl)c(CN(C(=O)[C@H]2CN(C(=O)OC(C)(C)C)CC[C@@H]2c2ccn(C)c(=O)c2)C2CC2)c1. The molecule has 234 valence electrons. The third-order valence-corrected chi connectivity index (χ3v) is 8.83. The van der Waals surface area contributed by atoms with Gasteiger partial charge in [-0.1, -0.05) is 29.3 Å². The number of hydrogen-bond donors (Lipinski definition) is 0. The van der Waals surface area contributed by atoms with Crippen molar-refractivity contribution in [2.24, 2.45) is 13.0 Å². The number of likely N-dealkylation sites (tertiary alicyclic amines) is 1. The first-order chi connectivity index (χ1) is 20.3. The van der Waals surface area contributed by atoms with Crippen molar-refractivity contribution in [1.82, 2.24) is 14.4 Å². The standard InChI is InChI=1S/C32H41Cl2N3O6/c1-32(2,3)43-31(41)36-14-12-24(21-11-13-35(4)27(38)17-21)25(19-36)30(40)37(23-9-10-23)18-22-15-20(16-26(33)29(22)34)7-6-8-28(39)42-5/h11,13,15-17,23-25H,6-10,12,14,18-19H2,1-5H3/t24-,25+/m1/s1. The molecule has 0 spiro atoms. The van der Waals surface area contributed by atoms with Gasteiger partial charge in [-0.25, -0.2) is 4.79 Å². The fourth-order valence-corrected chi connectivity index (χ4v) is 5.99. The van der Waals surface area contributed by atoms with Crippen LogP contribution in [0.1, 0.15) is 75.5 Å². The van der Waals surface area contributed by atoms with E-state index in [0.29, 0.717) is 42.3 Å². The van der Waals surface area contributed by atoms with Crippen molar-refractivity contribution in [3.63, 3.8) is 0 Å². The van der Waals surface area contributed by atoms with E-state index < -0.39 is 17.6 Å². The first-order valence-electron chi connectivity index (χ1n) is 14.8. The highest BCUT2D eigenvalue weighted by atomic mass is 35.5. The summed E-state index contributed by atoms with van der Waals surface area (Å²) in [7, 11) is 3.05. The van der Waals surface area contributed by atoms with E-state index in [1.54, 1.807) is 30.3 Å². The van der Waals surface area contributed by atoms with Gasteiger partial charge < -0.3 is 23.8 Å². The quantitative estimate of drug-likeness (QED) is 0.328. The molecule has 2 aromatic rings. The Morgan fingerprint density at radius 2 is 1.81 bits per heavy atom. The van der Waals surface area contributed by atoms with E-state index >= 15 is 0 Å². The number of halogens is 2. The van der Waals surface area contributed by atoms with Crippen LogP contribution in [0.5, 0.6) is 0 Å². The topological polar surface area (TPSA) is 98.2 Å². The molecule has 2 amide bonds. The van der Waals surface area contributed by atoms with Crippen LogP contribution in [0, 0.1) is 5.92 Å². The molecule has 0 radical (unpaired) electrons. The summed E-state index contributed by atoms with van der Waals surface area (Å²) in [4.78, 5) is 55.1. The number of carbonyl (C=O) groups is 3. The van der Waals surface area contributed by atoms with Crippen LogP contribution in [0.2, 0.25) is 10.0 Å². The van der Waals surface area contributed by atoms with Crippen molar-refractivity contribution >= 4 is 41.2 Å². The Hall–Kier alpha value is -3.04. The number of rotatable bonds is 9. The van der Waals surface area contributed by atoms with Gasteiger partial charge in [-0.15, -0.1) is 0 Å². The predicted molar refractivity (Wildman–Crippen MR) is 165 cm³/mol. The minimum Gasteiger partial charge on any atom is -0.469 e. The van der Waals surface area contributed by atoms with E-state index in [9.17, 15) is 19.2 Å². The van der Waals surface area contributed by atoms with Crippen molar-refractivity contribution in [3.05, 3.63) is 67.6 Å². The number of amides is 2. The smallest absolute Gasteiger partial charge is 0.410 e. The molecule has 43 heavy (non-hydrogen) atoms. The lowest BCUT2D eigenvalue weighted by Crippen LogP contribution is -2.51. The molecule has 1 saturated heterocycles. The van der Waals surface area contributed by atoms with Gasteiger partial charge in [-0.2, -0.15) is 0 Å². The number of aromatic nitrogens is 1. The summed E-state index contributed by atoms with van der Waals surface area (Å²) in [6.45, 7) is 6.29. The number of ether oxygens (including phenoxy) is 2. The van der Waals surface area contributed by atoms with Crippen LogP contribution in [0.4, 0.5) is 4.79 Å². The summed E-state index contributed by atoms with van der Waals surface area (Å²) >= 11 is 13.2. The van der Waals surface area contributed by atoms with Crippen LogP contribution in [0.3, 0.4) is 0 Å². The van der Waals surface area contributed by atoms with Gasteiger partial charge in [0, 0.05) is 51.4 Å². The van der Waals surface area contributed by atoms with Gasteiger partial charge in [-0.05, 0) is 87.6 Å². The largest absolute Gasteiger partial charge is 0.469 e. The molecule has 9 nitrogen and oxygen atoms in total. The maximum atomic E-state index is 14.5. The summed E-state index contributed by atoms with van der Waals surface area (Å²) in [5.74, 6) is -1.19. The zero-order chi connectivity index (χ0) is 31.5. The molecular weight excluding hydrogens is 593 g/mol. The van der Waals surface area contributed by atoms with Gasteiger partial charge in [0.05, 0.1) is 23.1 Å².